The Kier molecular flexibility index (Phi) is 17.5. The zero-order valence-electron chi connectivity index (χ0n) is 23.2. The first-order chi connectivity index (χ1) is 19.1. The molecule has 0 aliphatic heterocycles. The van der Waals surface area contributed by atoms with Gasteiger partial charge in [0.2, 0.25) is 17.7 Å². The molecule has 5 unspecified atom stereocenters. The van der Waals surface area contributed by atoms with Crippen LogP contribution in [0.25, 0.3) is 0 Å². The normalized spacial score (nSPS) is 14.2. The number of carbonyl (C=O) groups is 4. The van der Waals surface area contributed by atoms with Crippen LogP contribution in [0.5, 0.6) is 0 Å². The Morgan fingerprint density at radius 3 is 1.39 bits per heavy atom. The van der Waals surface area contributed by atoms with E-state index in [-0.39, 0.29) is 69.6 Å². The van der Waals surface area contributed by atoms with Gasteiger partial charge in [-0.15, -0.1) is 0 Å². The largest absolute Gasteiger partial charge is 0.480 e. The van der Waals surface area contributed by atoms with E-state index in [0.717, 1.165) is 0 Å². The van der Waals surface area contributed by atoms with Crippen molar-refractivity contribution >= 4 is 41.6 Å². The highest BCUT2D eigenvalue weighted by Crippen LogP contribution is 2.06. The molecule has 0 saturated heterocycles. The summed E-state index contributed by atoms with van der Waals surface area (Å²) in [6.45, 7) is 1.72. The molecule has 0 aromatic heterocycles. The third kappa shape index (κ3) is 17.0. The van der Waals surface area contributed by atoms with E-state index >= 15 is 0 Å². The van der Waals surface area contributed by atoms with Crippen molar-refractivity contribution in [1.29, 1.82) is 0 Å². The third-order valence-electron chi connectivity index (χ3n) is 5.51. The number of carbonyl (C=O) groups excluding carboxylic acids is 3. The zero-order chi connectivity index (χ0) is 31.5. The number of guanidine groups is 3. The lowest BCUT2D eigenvalue weighted by Crippen LogP contribution is -2.58. The molecule has 0 saturated carbocycles. The summed E-state index contributed by atoms with van der Waals surface area (Å²) in [5, 5.41) is 26.3. The number of nitrogens with two attached hydrogens (primary N) is 7. The van der Waals surface area contributed by atoms with Gasteiger partial charge in [-0.3, -0.25) is 29.4 Å². The summed E-state index contributed by atoms with van der Waals surface area (Å²) in [5.41, 5.74) is 37.8. The van der Waals surface area contributed by atoms with E-state index in [1.807, 2.05) is 0 Å². The molecule has 0 heterocycles. The van der Waals surface area contributed by atoms with E-state index in [0.29, 0.717) is 6.42 Å². The van der Waals surface area contributed by atoms with Crippen LogP contribution in [0.1, 0.15) is 45.4 Å². The van der Waals surface area contributed by atoms with Crippen molar-refractivity contribution in [2.45, 2.75) is 75.7 Å². The van der Waals surface area contributed by atoms with Gasteiger partial charge >= 0.3 is 5.97 Å². The van der Waals surface area contributed by atoms with Crippen molar-refractivity contribution in [2.75, 3.05) is 19.6 Å². The van der Waals surface area contributed by atoms with Gasteiger partial charge in [0.05, 0.1) is 12.1 Å². The minimum atomic E-state index is -1.63. The molecule has 0 bridgehead atoms. The molecule has 19 heteroatoms. The predicted molar refractivity (Wildman–Crippen MR) is 153 cm³/mol. The number of amides is 3. The topological polar surface area (TPSA) is 364 Å². The minimum absolute atomic E-state index is 0.000522. The SMILES string of the molecule is CC(O)C(NC(=O)C(CCCN=C(N)N)NC(=O)C(CCCN=C(N)N)NC(=O)C(N)CCCN=C(N)N)C(=O)O. The standard InChI is InChI=1S/C22H45N13O6/c1-11(36)15(19(40)41)35-18(39)14(7-4-10-32-22(28)29)34-17(38)13(6-3-9-31-21(26)27)33-16(37)12(23)5-2-8-30-20(24)25/h11-15,36H,2-10,23H2,1H3,(H,33,37)(H,34,38)(H,35,39)(H,40,41)(H4,24,25,30)(H4,26,27,31)(H4,28,29,32). The van der Waals surface area contributed by atoms with Gasteiger partial charge in [-0.2, -0.15) is 0 Å². The van der Waals surface area contributed by atoms with Gasteiger partial charge in [0.15, 0.2) is 23.9 Å². The highest BCUT2D eigenvalue weighted by atomic mass is 16.4. The van der Waals surface area contributed by atoms with Crippen LogP contribution in [-0.4, -0.2) is 102 Å². The highest BCUT2D eigenvalue weighted by molar-refractivity contribution is 5.94. The lowest BCUT2D eigenvalue weighted by molar-refractivity contribution is -0.145. The fourth-order valence-corrected chi connectivity index (χ4v) is 3.39. The van der Waals surface area contributed by atoms with Gasteiger partial charge in [0.1, 0.15) is 12.1 Å². The fourth-order valence-electron chi connectivity index (χ4n) is 3.39. The summed E-state index contributed by atoms with van der Waals surface area (Å²) >= 11 is 0. The Hall–Kier alpha value is -4.39. The van der Waals surface area contributed by atoms with Crippen LogP contribution in [0.3, 0.4) is 0 Å². The Morgan fingerprint density at radius 1 is 0.659 bits per heavy atom. The van der Waals surface area contributed by atoms with E-state index in [9.17, 15) is 29.4 Å². The number of carboxylic acid groups (broad SMARTS) is 1. The number of hydrogen-bond donors (Lipinski definition) is 12. The first-order valence-electron chi connectivity index (χ1n) is 12.9. The predicted octanol–water partition coefficient (Wildman–Crippen LogP) is -5.61. The fraction of sp³-hybridized carbons (Fsp3) is 0.682. The molecule has 0 aliphatic carbocycles. The number of carboxylic acids is 1. The molecular weight excluding hydrogens is 542 g/mol. The quantitative estimate of drug-likeness (QED) is 0.0359. The maximum atomic E-state index is 13.3. The van der Waals surface area contributed by atoms with Crippen LogP contribution >= 0.6 is 0 Å². The molecule has 19 N–H and O–H groups in total. The molecule has 0 aliphatic rings. The van der Waals surface area contributed by atoms with E-state index in [4.69, 9.17) is 40.1 Å². The molecule has 0 aromatic carbocycles. The molecule has 19 nitrogen and oxygen atoms in total. The van der Waals surface area contributed by atoms with Crippen LogP contribution in [0.4, 0.5) is 0 Å². The minimum Gasteiger partial charge on any atom is -0.480 e. The van der Waals surface area contributed by atoms with Crippen LogP contribution in [-0.2, 0) is 19.2 Å². The molecule has 0 rings (SSSR count). The molecule has 0 radical (unpaired) electrons. The number of hydrogen-bond acceptors (Lipinski definition) is 9. The molecule has 0 spiro atoms. The maximum absolute atomic E-state index is 13.3. The van der Waals surface area contributed by atoms with Crippen LogP contribution < -0.4 is 56.1 Å². The summed E-state index contributed by atoms with van der Waals surface area (Å²) < 4.78 is 0. The third-order valence-corrected chi connectivity index (χ3v) is 5.51. The molecule has 41 heavy (non-hydrogen) atoms. The van der Waals surface area contributed by atoms with Crippen LogP contribution in [0.2, 0.25) is 0 Å². The maximum Gasteiger partial charge on any atom is 0.328 e. The van der Waals surface area contributed by atoms with Gasteiger partial charge in [0.25, 0.3) is 0 Å². The monoisotopic (exact) mass is 587 g/mol. The molecule has 3 amide bonds. The average Bonchev–Trinajstić information content (AvgIpc) is 2.87. The lowest BCUT2D eigenvalue weighted by atomic mass is 10.1. The van der Waals surface area contributed by atoms with Crippen molar-refractivity contribution < 1.29 is 29.4 Å². The smallest absolute Gasteiger partial charge is 0.328 e. The Morgan fingerprint density at radius 2 is 1.02 bits per heavy atom. The summed E-state index contributed by atoms with van der Waals surface area (Å²) in [6, 6.07) is -5.03. The van der Waals surface area contributed by atoms with Gasteiger partial charge in [-0.05, 0) is 45.4 Å². The van der Waals surface area contributed by atoms with Crippen molar-refractivity contribution in [2.24, 2.45) is 55.1 Å². The summed E-state index contributed by atoms with van der Waals surface area (Å²) in [5.74, 6) is -4.15. The number of aliphatic hydroxyl groups is 1. The average molecular weight is 588 g/mol. The van der Waals surface area contributed by atoms with E-state index in [1.165, 1.54) is 6.92 Å². The summed E-state index contributed by atoms with van der Waals surface area (Å²) in [6.07, 6.45) is -0.227. The van der Waals surface area contributed by atoms with Crippen molar-refractivity contribution in [3.05, 3.63) is 0 Å². The van der Waals surface area contributed by atoms with Gasteiger partial charge in [-0.25, -0.2) is 4.79 Å². The molecule has 0 fully saturated rings. The summed E-state index contributed by atoms with van der Waals surface area (Å²) in [7, 11) is 0. The molecule has 234 valence electrons. The Bertz CT molecular complexity index is 944. The van der Waals surface area contributed by atoms with Gasteiger partial charge in [0, 0.05) is 19.6 Å². The second-order valence-electron chi connectivity index (χ2n) is 9.14. The highest BCUT2D eigenvalue weighted by Gasteiger charge is 2.31. The zero-order valence-corrected chi connectivity index (χ0v) is 23.2. The second kappa shape index (κ2) is 19.6. The van der Waals surface area contributed by atoms with E-state index < -0.39 is 54.0 Å². The number of aliphatic hydroxyl groups excluding tert-OH is 1. The summed E-state index contributed by atoms with van der Waals surface area (Å²) in [4.78, 5) is 61.9. The number of aliphatic carboxylic acids is 1. The van der Waals surface area contributed by atoms with Gasteiger partial charge < -0.3 is 66.3 Å². The van der Waals surface area contributed by atoms with Crippen molar-refractivity contribution in [1.82, 2.24) is 16.0 Å². The lowest BCUT2D eigenvalue weighted by Gasteiger charge is -2.25. The molecular formula is C22H45N13O6. The first kappa shape index (κ1) is 36.6. The Balaban J connectivity index is 5.71. The number of nitrogens with zero attached hydrogens (tertiary/aromatic N) is 3. The molecule has 5 atom stereocenters. The van der Waals surface area contributed by atoms with E-state index in [2.05, 4.69) is 30.9 Å². The Labute approximate surface area is 237 Å². The second-order valence-corrected chi connectivity index (χ2v) is 9.14. The molecule has 0 aromatic rings. The van der Waals surface area contributed by atoms with Crippen LogP contribution in [0.15, 0.2) is 15.0 Å². The van der Waals surface area contributed by atoms with Crippen LogP contribution in [0, 0.1) is 0 Å². The van der Waals surface area contributed by atoms with Crippen molar-refractivity contribution in [3.8, 4) is 0 Å². The van der Waals surface area contributed by atoms with Crippen molar-refractivity contribution in [3.63, 3.8) is 0 Å². The number of rotatable bonds is 20. The van der Waals surface area contributed by atoms with Gasteiger partial charge in [-0.1, -0.05) is 0 Å². The number of aliphatic imine (C=N–C) groups is 3. The number of nitrogens with one attached hydrogen (secondary N) is 3. The first-order valence-corrected chi connectivity index (χ1v) is 12.9. The van der Waals surface area contributed by atoms with E-state index in [1.54, 1.807) is 0 Å².